The van der Waals surface area contributed by atoms with Gasteiger partial charge in [-0.1, -0.05) is 12.1 Å². The largest absolute Gasteiger partial charge is 0.504 e. The molecule has 0 radical (unpaired) electrons. The number of esters is 1. The SMILES string of the molecule is C[C@H]1O[C@@H](OCCc2ccc(O)c(O)c2)[C@H](O)[C@H](O)[C@@H]1OC(=O)C=Cc1ccc(O)c(O)c1. The maximum atomic E-state index is 12.2. The van der Waals surface area contributed by atoms with Crippen LogP contribution in [-0.2, 0) is 25.4 Å². The summed E-state index contributed by atoms with van der Waals surface area (Å²) in [4.78, 5) is 12.2. The highest BCUT2D eigenvalue weighted by Gasteiger charge is 2.45. The first-order valence-corrected chi connectivity index (χ1v) is 10.2. The minimum absolute atomic E-state index is 0.0953. The molecule has 0 bridgehead atoms. The number of hydrogen-bond donors (Lipinski definition) is 6. The van der Waals surface area contributed by atoms with Crippen molar-refractivity contribution in [2.75, 3.05) is 6.61 Å². The quantitative estimate of drug-likeness (QED) is 0.200. The van der Waals surface area contributed by atoms with E-state index in [9.17, 15) is 35.4 Å². The van der Waals surface area contributed by atoms with E-state index in [4.69, 9.17) is 14.2 Å². The number of ether oxygens (including phenoxy) is 3. The number of hydrogen-bond acceptors (Lipinski definition) is 10. The van der Waals surface area contributed by atoms with E-state index >= 15 is 0 Å². The van der Waals surface area contributed by atoms with Crippen molar-refractivity contribution >= 4 is 12.0 Å². The summed E-state index contributed by atoms with van der Waals surface area (Å²) in [6, 6.07) is 8.34. The van der Waals surface area contributed by atoms with Gasteiger partial charge in [0.1, 0.15) is 12.2 Å². The fourth-order valence-electron chi connectivity index (χ4n) is 3.31. The summed E-state index contributed by atoms with van der Waals surface area (Å²) in [6.07, 6.45) is -3.27. The predicted molar refractivity (Wildman–Crippen MR) is 114 cm³/mol. The summed E-state index contributed by atoms with van der Waals surface area (Å²) in [5, 5.41) is 58.5. The van der Waals surface area contributed by atoms with Gasteiger partial charge >= 0.3 is 5.97 Å². The van der Waals surface area contributed by atoms with Gasteiger partial charge in [0.2, 0.25) is 0 Å². The van der Waals surface area contributed by atoms with Gasteiger partial charge in [-0.05, 0) is 54.8 Å². The molecule has 0 saturated carbocycles. The van der Waals surface area contributed by atoms with Gasteiger partial charge in [0.05, 0.1) is 12.7 Å². The lowest BCUT2D eigenvalue weighted by atomic mass is 9.99. The van der Waals surface area contributed by atoms with E-state index in [0.29, 0.717) is 17.5 Å². The minimum Gasteiger partial charge on any atom is -0.504 e. The van der Waals surface area contributed by atoms with Gasteiger partial charge in [-0.15, -0.1) is 0 Å². The number of phenolic OH excluding ortho intramolecular Hbond substituents is 4. The van der Waals surface area contributed by atoms with Crippen molar-refractivity contribution in [1.29, 1.82) is 0 Å². The van der Waals surface area contributed by atoms with Crippen LogP contribution >= 0.6 is 0 Å². The first-order chi connectivity index (χ1) is 15.7. The van der Waals surface area contributed by atoms with Crippen molar-refractivity contribution in [1.82, 2.24) is 0 Å². The van der Waals surface area contributed by atoms with E-state index in [1.807, 2.05) is 0 Å². The Morgan fingerprint density at radius 3 is 2.30 bits per heavy atom. The molecule has 1 fully saturated rings. The van der Waals surface area contributed by atoms with E-state index in [1.165, 1.54) is 36.4 Å². The van der Waals surface area contributed by atoms with Crippen LogP contribution in [0, 0.1) is 0 Å². The van der Waals surface area contributed by atoms with Crippen LogP contribution in [0.4, 0.5) is 0 Å². The number of carbonyl (C=O) groups is 1. The summed E-state index contributed by atoms with van der Waals surface area (Å²) >= 11 is 0. The molecule has 0 aromatic heterocycles. The Labute approximate surface area is 189 Å². The maximum Gasteiger partial charge on any atom is 0.331 e. The number of aliphatic hydroxyl groups is 2. The third kappa shape index (κ3) is 6.14. The third-order valence-electron chi connectivity index (χ3n) is 5.15. The van der Waals surface area contributed by atoms with Crippen molar-refractivity contribution in [2.24, 2.45) is 0 Å². The van der Waals surface area contributed by atoms with Crippen molar-refractivity contribution in [3.05, 3.63) is 53.6 Å². The first kappa shape index (κ1) is 24.3. The Kier molecular flexibility index (Phi) is 7.77. The van der Waals surface area contributed by atoms with Crippen LogP contribution in [0.2, 0.25) is 0 Å². The normalized spacial score (nSPS) is 25.2. The lowest BCUT2D eigenvalue weighted by Crippen LogP contribution is -2.58. The molecule has 1 aliphatic heterocycles. The monoisotopic (exact) mass is 462 g/mol. The maximum absolute atomic E-state index is 12.2. The summed E-state index contributed by atoms with van der Waals surface area (Å²) in [6.45, 7) is 1.65. The molecule has 6 N–H and O–H groups in total. The highest BCUT2D eigenvalue weighted by atomic mass is 16.7. The van der Waals surface area contributed by atoms with E-state index in [1.54, 1.807) is 13.0 Å². The Bertz CT molecular complexity index is 1000. The fourth-order valence-corrected chi connectivity index (χ4v) is 3.31. The van der Waals surface area contributed by atoms with Crippen LogP contribution in [0.3, 0.4) is 0 Å². The Hall–Kier alpha value is -3.31. The number of phenols is 4. The third-order valence-corrected chi connectivity index (χ3v) is 5.15. The van der Waals surface area contributed by atoms with Gasteiger partial charge in [-0.2, -0.15) is 0 Å². The van der Waals surface area contributed by atoms with Crippen LogP contribution in [0.15, 0.2) is 42.5 Å². The van der Waals surface area contributed by atoms with E-state index in [-0.39, 0.29) is 29.6 Å². The molecule has 1 saturated heterocycles. The molecule has 0 unspecified atom stereocenters. The zero-order chi connectivity index (χ0) is 24.1. The van der Waals surface area contributed by atoms with E-state index in [0.717, 1.165) is 6.08 Å². The molecule has 0 spiro atoms. The van der Waals surface area contributed by atoms with E-state index < -0.39 is 36.7 Å². The fraction of sp³-hybridized carbons (Fsp3) is 0.348. The summed E-state index contributed by atoms with van der Waals surface area (Å²) < 4.78 is 16.3. The highest BCUT2D eigenvalue weighted by Crippen LogP contribution is 2.27. The van der Waals surface area contributed by atoms with Crippen LogP contribution in [0.25, 0.3) is 6.08 Å². The van der Waals surface area contributed by atoms with Crippen LogP contribution < -0.4 is 0 Å². The van der Waals surface area contributed by atoms with Crippen molar-refractivity contribution in [3.63, 3.8) is 0 Å². The predicted octanol–water partition coefficient (Wildman–Crippen LogP) is 1.16. The van der Waals surface area contributed by atoms with Crippen LogP contribution in [0.5, 0.6) is 23.0 Å². The molecule has 2 aromatic carbocycles. The molecule has 10 heteroatoms. The number of carbonyl (C=O) groups excluding carboxylic acids is 1. The molecular weight excluding hydrogens is 436 g/mol. The van der Waals surface area contributed by atoms with E-state index in [2.05, 4.69) is 0 Å². The molecule has 0 amide bonds. The van der Waals surface area contributed by atoms with Crippen LogP contribution in [-0.4, -0.2) is 73.9 Å². The molecular formula is C23H26O10. The zero-order valence-electron chi connectivity index (χ0n) is 17.7. The number of benzene rings is 2. The van der Waals surface area contributed by atoms with Crippen molar-refractivity contribution in [2.45, 2.75) is 44.1 Å². The first-order valence-electron chi connectivity index (χ1n) is 10.2. The molecule has 178 valence electrons. The van der Waals surface area contributed by atoms with Crippen molar-refractivity contribution in [3.8, 4) is 23.0 Å². The highest BCUT2D eigenvalue weighted by molar-refractivity contribution is 5.87. The average molecular weight is 462 g/mol. The lowest BCUT2D eigenvalue weighted by molar-refractivity contribution is -0.294. The summed E-state index contributed by atoms with van der Waals surface area (Å²) in [5.74, 6) is -1.93. The van der Waals surface area contributed by atoms with Gasteiger partial charge in [0.15, 0.2) is 35.4 Å². The summed E-state index contributed by atoms with van der Waals surface area (Å²) in [7, 11) is 0. The molecule has 5 atom stereocenters. The summed E-state index contributed by atoms with van der Waals surface area (Å²) in [5.41, 5.74) is 1.12. The molecule has 1 aliphatic rings. The van der Waals surface area contributed by atoms with Gasteiger partial charge in [0.25, 0.3) is 0 Å². The van der Waals surface area contributed by atoms with Gasteiger partial charge in [-0.3, -0.25) is 0 Å². The Morgan fingerprint density at radius 1 is 0.970 bits per heavy atom. The van der Waals surface area contributed by atoms with Crippen molar-refractivity contribution < 1.29 is 49.6 Å². The van der Waals surface area contributed by atoms with Gasteiger partial charge < -0.3 is 44.8 Å². The standard InChI is InChI=1S/C23H26O10/c1-12-22(33-19(28)7-4-13-2-5-15(24)17(26)10-13)20(29)21(30)23(32-12)31-9-8-14-3-6-16(25)18(27)11-14/h2-7,10-12,20-27,29-30H,8-9H2,1H3/t12-,20+,21-,22-,23-/m1/s1. The second-order valence-corrected chi connectivity index (χ2v) is 7.62. The van der Waals surface area contributed by atoms with Gasteiger partial charge in [0, 0.05) is 6.08 Å². The molecule has 0 aliphatic carbocycles. The second-order valence-electron chi connectivity index (χ2n) is 7.62. The smallest absolute Gasteiger partial charge is 0.331 e. The number of rotatable bonds is 7. The number of aliphatic hydroxyl groups excluding tert-OH is 2. The topological polar surface area (TPSA) is 166 Å². The lowest BCUT2D eigenvalue weighted by Gasteiger charge is -2.40. The molecule has 2 aromatic rings. The number of aromatic hydroxyl groups is 4. The molecule has 10 nitrogen and oxygen atoms in total. The van der Waals surface area contributed by atoms with Gasteiger partial charge in [-0.25, -0.2) is 4.79 Å². The zero-order valence-corrected chi connectivity index (χ0v) is 17.7. The minimum atomic E-state index is -1.48. The Morgan fingerprint density at radius 2 is 1.64 bits per heavy atom. The molecule has 1 heterocycles. The van der Waals surface area contributed by atoms with Crippen LogP contribution in [0.1, 0.15) is 18.1 Å². The molecule has 3 rings (SSSR count). The second kappa shape index (κ2) is 10.5. The molecule has 33 heavy (non-hydrogen) atoms. The average Bonchev–Trinajstić information content (AvgIpc) is 2.78. The Balaban J connectivity index is 1.52.